The highest BCUT2D eigenvalue weighted by atomic mass is 32.1. The van der Waals surface area contributed by atoms with Crippen LogP contribution in [0.5, 0.6) is 0 Å². The highest BCUT2D eigenvalue weighted by molar-refractivity contribution is 7.09. The van der Waals surface area contributed by atoms with E-state index in [2.05, 4.69) is 15.6 Å². The van der Waals surface area contributed by atoms with E-state index in [1.165, 1.54) is 6.92 Å². The van der Waals surface area contributed by atoms with Gasteiger partial charge in [0.05, 0.1) is 10.7 Å². The fourth-order valence-electron chi connectivity index (χ4n) is 1.84. The Hall–Kier alpha value is -1.63. The van der Waals surface area contributed by atoms with E-state index in [0.29, 0.717) is 25.8 Å². The number of nitrogens with zero attached hydrogens (tertiary/aromatic N) is 1. The standard InChI is InChI=1S/C13H21N3O3S/c1-4-6-13(3,11(17)18)16-12(19)14-7-5-10-8-20-9(2)15-10/h8H,4-7H2,1-3H3,(H,17,18)(H2,14,16,19). The maximum atomic E-state index is 11.7. The fraction of sp³-hybridized carbons (Fsp3) is 0.615. The summed E-state index contributed by atoms with van der Waals surface area (Å²) in [4.78, 5) is 27.2. The third-order valence-corrected chi connectivity index (χ3v) is 3.77. The third kappa shape index (κ3) is 4.80. The van der Waals surface area contributed by atoms with Crippen LogP contribution >= 0.6 is 11.3 Å². The highest BCUT2D eigenvalue weighted by Gasteiger charge is 2.33. The van der Waals surface area contributed by atoms with Crippen LogP contribution in [-0.2, 0) is 11.2 Å². The van der Waals surface area contributed by atoms with Crippen molar-refractivity contribution in [3.05, 3.63) is 16.1 Å². The lowest BCUT2D eigenvalue weighted by atomic mass is 9.97. The lowest BCUT2D eigenvalue weighted by Gasteiger charge is -2.25. The van der Waals surface area contributed by atoms with Gasteiger partial charge in [0.15, 0.2) is 0 Å². The van der Waals surface area contributed by atoms with E-state index in [1.54, 1.807) is 11.3 Å². The van der Waals surface area contributed by atoms with E-state index < -0.39 is 17.5 Å². The molecule has 0 radical (unpaired) electrons. The molecule has 3 N–H and O–H groups in total. The molecular weight excluding hydrogens is 278 g/mol. The second-order valence-corrected chi connectivity index (χ2v) is 5.94. The molecule has 6 nitrogen and oxygen atoms in total. The Morgan fingerprint density at radius 1 is 1.50 bits per heavy atom. The smallest absolute Gasteiger partial charge is 0.329 e. The van der Waals surface area contributed by atoms with Gasteiger partial charge < -0.3 is 15.7 Å². The van der Waals surface area contributed by atoms with E-state index in [-0.39, 0.29) is 0 Å². The van der Waals surface area contributed by atoms with Gasteiger partial charge in [-0.2, -0.15) is 0 Å². The molecule has 112 valence electrons. The Labute approximate surface area is 122 Å². The summed E-state index contributed by atoms with van der Waals surface area (Å²) in [6.45, 7) is 5.75. The van der Waals surface area contributed by atoms with Crippen molar-refractivity contribution < 1.29 is 14.7 Å². The lowest BCUT2D eigenvalue weighted by Crippen LogP contribution is -2.55. The van der Waals surface area contributed by atoms with Gasteiger partial charge >= 0.3 is 12.0 Å². The van der Waals surface area contributed by atoms with Gasteiger partial charge in [-0.05, 0) is 20.3 Å². The summed E-state index contributed by atoms with van der Waals surface area (Å²) in [7, 11) is 0. The van der Waals surface area contributed by atoms with Gasteiger partial charge in [0, 0.05) is 18.3 Å². The summed E-state index contributed by atoms with van der Waals surface area (Å²) in [6.07, 6.45) is 1.71. The van der Waals surface area contributed by atoms with Crippen molar-refractivity contribution in [1.29, 1.82) is 0 Å². The van der Waals surface area contributed by atoms with E-state index in [4.69, 9.17) is 5.11 Å². The number of thiazole rings is 1. The molecule has 1 atom stereocenters. The molecule has 1 heterocycles. The number of carbonyl (C=O) groups is 2. The van der Waals surface area contributed by atoms with Crippen LogP contribution in [0.4, 0.5) is 4.79 Å². The molecule has 0 aliphatic rings. The summed E-state index contributed by atoms with van der Waals surface area (Å²) in [5, 5.41) is 17.3. The molecule has 0 aromatic carbocycles. The number of aromatic nitrogens is 1. The van der Waals surface area contributed by atoms with E-state index in [9.17, 15) is 9.59 Å². The Kier molecular flexibility index (Phi) is 5.94. The maximum Gasteiger partial charge on any atom is 0.329 e. The molecule has 0 spiro atoms. The van der Waals surface area contributed by atoms with E-state index >= 15 is 0 Å². The van der Waals surface area contributed by atoms with Crippen molar-refractivity contribution in [2.45, 2.75) is 45.6 Å². The SMILES string of the molecule is CCCC(C)(NC(=O)NCCc1csc(C)n1)C(=O)O. The van der Waals surface area contributed by atoms with Crippen LogP contribution in [-0.4, -0.2) is 34.2 Å². The number of carbonyl (C=O) groups excluding carboxylic acids is 1. The van der Waals surface area contributed by atoms with Gasteiger partial charge in [-0.25, -0.2) is 14.6 Å². The molecule has 0 bridgehead atoms. The number of rotatable bonds is 7. The average Bonchev–Trinajstić information content (AvgIpc) is 2.75. The molecule has 2 amide bonds. The van der Waals surface area contributed by atoms with Crippen molar-refractivity contribution in [2.75, 3.05) is 6.54 Å². The monoisotopic (exact) mass is 299 g/mol. The first-order chi connectivity index (χ1) is 9.37. The summed E-state index contributed by atoms with van der Waals surface area (Å²) in [6, 6.07) is -0.463. The topological polar surface area (TPSA) is 91.3 Å². The third-order valence-electron chi connectivity index (χ3n) is 2.94. The number of nitrogens with one attached hydrogen (secondary N) is 2. The fourth-order valence-corrected chi connectivity index (χ4v) is 2.49. The number of hydrogen-bond acceptors (Lipinski definition) is 4. The van der Waals surface area contributed by atoms with Crippen LogP contribution in [0, 0.1) is 6.92 Å². The Bertz CT molecular complexity index is 475. The van der Waals surface area contributed by atoms with Gasteiger partial charge in [0.2, 0.25) is 0 Å². The number of amides is 2. The Morgan fingerprint density at radius 2 is 2.20 bits per heavy atom. The van der Waals surface area contributed by atoms with Gasteiger partial charge in [-0.1, -0.05) is 13.3 Å². The molecule has 1 unspecified atom stereocenters. The lowest BCUT2D eigenvalue weighted by molar-refractivity contribution is -0.144. The van der Waals surface area contributed by atoms with Crippen molar-refractivity contribution in [3.8, 4) is 0 Å². The number of carboxylic acids is 1. The van der Waals surface area contributed by atoms with Crippen LogP contribution in [0.1, 0.15) is 37.4 Å². The molecule has 1 aromatic rings. The zero-order valence-corrected chi connectivity index (χ0v) is 12.8. The van der Waals surface area contributed by atoms with Crippen molar-refractivity contribution in [2.24, 2.45) is 0 Å². The summed E-state index contributed by atoms with van der Waals surface area (Å²) in [5.41, 5.74) is -0.293. The molecule has 20 heavy (non-hydrogen) atoms. The molecule has 7 heteroatoms. The quantitative estimate of drug-likeness (QED) is 0.717. The van der Waals surface area contributed by atoms with E-state index in [0.717, 1.165) is 10.7 Å². The molecule has 0 saturated carbocycles. The minimum atomic E-state index is -1.23. The van der Waals surface area contributed by atoms with Gasteiger partial charge in [0.25, 0.3) is 0 Å². The summed E-state index contributed by atoms with van der Waals surface area (Å²) in [5.74, 6) is -1.02. The first-order valence-electron chi connectivity index (χ1n) is 6.58. The predicted octanol–water partition coefficient (Wildman–Crippen LogP) is 1.94. The van der Waals surface area contributed by atoms with Crippen molar-refractivity contribution >= 4 is 23.3 Å². The minimum absolute atomic E-state index is 0.390. The molecule has 1 rings (SSSR count). The molecule has 0 fully saturated rings. The van der Waals surface area contributed by atoms with Gasteiger partial charge in [-0.15, -0.1) is 11.3 Å². The minimum Gasteiger partial charge on any atom is -0.480 e. The maximum absolute atomic E-state index is 11.7. The second kappa shape index (κ2) is 7.23. The molecule has 1 aromatic heterocycles. The Morgan fingerprint density at radius 3 is 2.70 bits per heavy atom. The van der Waals surface area contributed by atoms with Gasteiger partial charge in [0.1, 0.15) is 5.54 Å². The summed E-state index contributed by atoms with van der Waals surface area (Å²) >= 11 is 1.57. The number of aryl methyl sites for hydroxylation is 1. The first-order valence-corrected chi connectivity index (χ1v) is 7.45. The molecule has 0 saturated heterocycles. The highest BCUT2D eigenvalue weighted by Crippen LogP contribution is 2.12. The van der Waals surface area contributed by atoms with Crippen LogP contribution in [0.25, 0.3) is 0 Å². The number of aliphatic carboxylic acids is 1. The zero-order chi connectivity index (χ0) is 15.2. The average molecular weight is 299 g/mol. The molecule has 0 aliphatic heterocycles. The number of urea groups is 1. The van der Waals surface area contributed by atoms with Gasteiger partial charge in [-0.3, -0.25) is 0 Å². The normalized spacial score (nSPS) is 13.6. The van der Waals surface area contributed by atoms with E-state index in [1.807, 2.05) is 19.2 Å². The zero-order valence-electron chi connectivity index (χ0n) is 12.0. The van der Waals surface area contributed by atoms with Crippen LogP contribution in [0.3, 0.4) is 0 Å². The second-order valence-electron chi connectivity index (χ2n) is 4.88. The largest absolute Gasteiger partial charge is 0.480 e. The predicted molar refractivity (Wildman–Crippen MR) is 78.0 cm³/mol. The van der Waals surface area contributed by atoms with Crippen molar-refractivity contribution in [3.63, 3.8) is 0 Å². The number of carboxylic acid groups (broad SMARTS) is 1. The number of hydrogen-bond donors (Lipinski definition) is 3. The molecular formula is C13H21N3O3S. The Balaban J connectivity index is 2.40. The van der Waals surface area contributed by atoms with Crippen LogP contribution in [0.15, 0.2) is 5.38 Å². The first kappa shape index (κ1) is 16.4. The van der Waals surface area contributed by atoms with Crippen molar-refractivity contribution in [1.82, 2.24) is 15.6 Å². The van der Waals surface area contributed by atoms with Crippen LogP contribution < -0.4 is 10.6 Å². The van der Waals surface area contributed by atoms with Crippen LogP contribution in [0.2, 0.25) is 0 Å². The molecule has 0 aliphatic carbocycles. The summed E-state index contributed by atoms with van der Waals surface area (Å²) < 4.78 is 0.